The van der Waals surface area contributed by atoms with Crippen molar-refractivity contribution in [3.8, 4) is 0 Å². The van der Waals surface area contributed by atoms with Crippen LogP contribution in [0.2, 0.25) is 0 Å². The predicted octanol–water partition coefficient (Wildman–Crippen LogP) is 3.53. The molecule has 2 bridgehead atoms. The Morgan fingerprint density at radius 2 is 1.63 bits per heavy atom. The topological polar surface area (TPSA) is 29.1 Å². The van der Waals surface area contributed by atoms with E-state index in [0.29, 0.717) is 5.92 Å². The Labute approximate surface area is 114 Å². The van der Waals surface area contributed by atoms with Crippen molar-refractivity contribution in [2.75, 3.05) is 5.32 Å². The zero-order valence-electron chi connectivity index (χ0n) is 11.6. The summed E-state index contributed by atoms with van der Waals surface area (Å²) in [5, 5.41) is 3.14. The maximum absolute atomic E-state index is 12.4. The molecule has 3 aliphatic rings. The first-order valence-electron chi connectivity index (χ1n) is 7.52. The van der Waals surface area contributed by atoms with Crippen molar-refractivity contribution in [3.63, 3.8) is 0 Å². The summed E-state index contributed by atoms with van der Waals surface area (Å²) in [5.74, 6) is 3.79. The highest BCUT2D eigenvalue weighted by atomic mass is 16.2. The normalized spacial score (nSPS) is 38.1. The predicted molar refractivity (Wildman–Crippen MR) is 75.8 cm³/mol. The third-order valence-electron chi connectivity index (χ3n) is 5.53. The number of fused-ring (bicyclic) bond motifs is 5. The summed E-state index contributed by atoms with van der Waals surface area (Å²) < 4.78 is 0. The van der Waals surface area contributed by atoms with Crippen LogP contribution in [0.25, 0.3) is 0 Å². The second-order valence-electron chi connectivity index (χ2n) is 6.88. The molecule has 0 spiro atoms. The minimum absolute atomic E-state index is 0.275. The number of carbonyl (C=O) groups is 1. The zero-order chi connectivity index (χ0) is 13.1. The second kappa shape index (κ2) is 3.84. The summed E-state index contributed by atoms with van der Waals surface area (Å²) in [6.07, 6.45) is 4.15. The summed E-state index contributed by atoms with van der Waals surface area (Å²) in [5.41, 5.74) is 3.40. The van der Waals surface area contributed by atoms with Crippen LogP contribution in [0.3, 0.4) is 0 Å². The lowest BCUT2D eigenvalue weighted by Crippen LogP contribution is -2.18. The molecule has 1 amide bonds. The third-order valence-corrected chi connectivity index (χ3v) is 5.53. The van der Waals surface area contributed by atoms with E-state index in [1.165, 1.54) is 30.4 Å². The molecule has 1 unspecified atom stereocenters. The fraction of sp³-hybridized carbons (Fsp3) is 0.588. The average molecular weight is 255 g/mol. The van der Waals surface area contributed by atoms with Gasteiger partial charge in [0.25, 0.3) is 0 Å². The Kier molecular flexibility index (Phi) is 2.33. The Balaban J connectivity index is 1.48. The van der Waals surface area contributed by atoms with Gasteiger partial charge in [0, 0.05) is 11.6 Å². The molecule has 0 radical (unpaired) electrons. The van der Waals surface area contributed by atoms with Crippen LogP contribution in [-0.4, -0.2) is 5.91 Å². The number of hydrogen-bond donors (Lipinski definition) is 1. The number of rotatable bonds is 2. The standard InChI is InChI=1S/C17H21NO/c1-9-5-10(2)7-13(6-9)18-17(19)16-14-11-3-4-12(8-11)15(14)16/h5-7,11-12,14-16H,3-4,8H2,1-2H3,(H,18,19)/t11-,12-,14-,15+,16?/m0/s1. The van der Waals surface area contributed by atoms with E-state index in [1.807, 2.05) is 0 Å². The van der Waals surface area contributed by atoms with Gasteiger partial charge < -0.3 is 5.32 Å². The molecule has 1 N–H and O–H groups in total. The quantitative estimate of drug-likeness (QED) is 0.860. The Morgan fingerprint density at radius 3 is 2.21 bits per heavy atom. The highest BCUT2D eigenvalue weighted by Gasteiger charge is 2.67. The first-order chi connectivity index (χ1) is 9.13. The Hall–Kier alpha value is -1.31. The van der Waals surface area contributed by atoms with Gasteiger partial charge in [0.2, 0.25) is 5.91 Å². The summed E-state index contributed by atoms with van der Waals surface area (Å²) in [7, 11) is 0. The molecule has 1 aromatic rings. The molecular weight excluding hydrogens is 234 g/mol. The van der Waals surface area contributed by atoms with Gasteiger partial charge in [-0.1, -0.05) is 6.07 Å². The van der Waals surface area contributed by atoms with E-state index in [4.69, 9.17) is 0 Å². The van der Waals surface area contributed by atoms with Gasteiger partial charge in [0.05, 0.1) is 0 Å². The van der Waals surface area contributed by atoms with Gasteiger partial charge in [-0.3, -0.25) is 4.79 Å². The lowest BCUT2D eigenvalue weighted by molar-refractivity contribution is -0.118. The molecular formula is C17H21NO. The lowest BCUT2D eigenvalue weighted by Gasteiger charge is -2.10. The molecule has 2 nitrogen and oxygen atoms in total. The van der Waals surface area contributed by atoms with E-state index in [1.54, 1.807) is 0 Å². The van der Waals surface area contributed by atoms with Crippen LogP contribution < -0.4 is 5.32 Å². The molecule has 0 aliphatic heterocycles. The molecule has 1 aromatic carbocycles. The molecule has 2 heteroatoms. The molecule has 100 valence electrons. The van der Waals surface area contributed by atoms with E-state index in [2.05, 4.69) is 37.4 Å². The van der Waals surface area contributed by atoms with Gasteiger partial charge in [-0.05, 0) is 80.0 Å². The van der Waals surface area contributed by atoms with Crippen LogP contribution in [0.1, 0.15) is 30.4 Å². The maximum Gasteiger partial charge on any atom is 0.228 e. The van der Waals surface area contributed by atoms with Crippen molar-refractivity contribution in [1.82, 2.24) is 0 Å². The van der Waals surface area contributed by atoms with E-state index in [9.17, 15) is 4.79 Å². The summed E-state index contributed by atoms with van der Waals surface area (Å²) in [6.45, 7) is 4.16. The molecule has 4 rings (SSSR count). The van der Waals surface area contributed by atoms with Crippen molar-refractivity contribution < 1.29 is 4.79 Å². The van der Waals surface area contributed by atoms with Gasteiger partial charge in [-0.2, -0.15) is 0 Å². The molecule has 19 heavy (non-hydrogen) atoms. The summed E-state index contributed by atoms with van der Waals surface area (Å²) in [4.78, 5) is 12.4. The van der Waals surface area contributed by atoms with E-state index in [-0.39, 0.29) is 5.91 Å². The summed E-state index contributed by atoms with van der Waals surface area (Å²) >= 11 is 0. The van der Waals surface area contributed by atoms with E-state index in [0.717, 1.165) is 29.4 Å². The van der Waals surface area contributed by atoms with Crippen LogP contribution in [0.4, 0.5) is 5.69 Å². The number of anilines is 1. The molecule has 5 atom stereocenters. The number of carbonyl (C=O) groups excluding carboxylic acids is 1. The van der Waals surface area contributed by atoms with Crippen molar-refractivity contribution >= 4 is 11.6 Å². The highest BCUT2D eigenvalue weighted by molar-refractivity contribution is 5.95. The fourth-order valence-electron chi connectivity index (χ4n) is 4.95. The average Bonchev–Trinajstić information content (AvgIpc) is 2.78. The van der Waals surface area contributed by atoms with E-state index < -0.39 is 0 Å². The lowest BCUT2D eigenvalue weighted by atomic mass is 10.0. The molecule has 0 saturated heterocycles. The third kappa shape index (κ3) is 1.73. The maximum atomic E-state index is 12.4. The van der Waals surface area contributed by atoms with Crippen LogP contribution in [0.15, 0.2) is 18.2 Å². The van der Waals surface area contributed by atoms with Crippen LogP contribution >= 0.6 is 0 Å². The summed E-state index contributed by atoms with van der Waals surface area (Å²) in [6, 6.07) is 6.27. The first-order valence-corrected chi connectivity index (χ1v) is 7.52. The van der Waals surface area contributed by atoms with Gasteiger partial charge in [-0.25, -0.2) is 0 Å². The van der Waals surface area contributed by atoms with Gasteiger partial charge in [0.1, 0.15) is 0 Å². The van der Waals surface area contributed by atoms with Crippen LogP contribution in [-0.2, 0) is 4.79 Å². The molecule has 0 heterocycles. The largest absolute Gasteiger partial charge is 0.326 e. The van der Waals surface area contributed by atoms with Gasteiger partial charge in [-0.15, -0.1) is 0 Å². The van der Waals surface area contributed by atoms with E-state index >= 15 is 0 Å². The van der Waals surface area contributed by atoms with Gasteiger partial charge in [0.15, 0.2) is 0 Å². The fourth-order valence-corrected chi connectivity index (χ4v) is 4.95. The zero-order valence-corrected chi connectivity index (χ0v) is 11.6. The van der Waals surface area contributed by atoms with Crippen molar-refractivity contribution in [2.24, 2.45) is 29.6 Å². The smallest absolute Gasteiger partial charge is 0.228 e. The number of aryl methyl sites for hydroxylation is 2. The number of hydrogen-bond acceptors (Lipinski definition) is 1. The van der Waals surface area contributed by atoms with Gasteiger partial charge >= 0.3 is 0 Å². The number of nitrogens with one attached hydrogen (secondary N) is 1. The monoisotopic (exact) mass is 255 g/mol. The Bertz CT molecular complexity index is 514. The molecule has 3 fully saturated rings. The highest BCUT2D eigenvalue weighted by Crippen LogP contribution is 2.69. The second-order valence-corrected chi connectivity index (χ2v) is 6.88. The Morgan fingerprint density at radius 1 is 1.05 bits per heavy atom. The first kappa shape index (κ1) is 11.5. The molecule has 3 saturated carbocycles. The molecule has 3 aliphatic carbocycles. The van der Waals surface area contributed by atoms with Crippen LogP contribution in [0, 0.1) is 43.4 Å². The minimum atomic E-state index is 0.275. The number of benzene rings is 1. The minimum Gasteiger partial charge on any atom is -0.326 e. The molecule has 0 aromatic heterocycles. The van der Waals surface area contributed by atoms with Crippen molar-refractivity contribution in [1.29, 1.82) is 0 Å². The van der Waals surface area contributed by atoms with Crippen molar-refractivity contribution in [3.05, 3.63) is 29.3 Å². The SMILES string of the molecule is Cc1cc(C)cc(NC(=O)C2[C@@H]3[C@H]4CC[C@@H](C4)[C@H]23)c1. The number of amides is 1. The van der Waals surface area contributed by atoms with Crippen LogP contribution in [0.5, 0.6) is 0 Å². The van der Waals surface area contributed by atoms with Crippen molar-refractivity contribution in [2.45, 2.75) is 33.1 Å².